The number of benzene rings is 8. The molecule has 5 nitrogen and oxygen atoms in total. The molecule has 0 bridgehead atoms. The molecule has 0 N–H and O–H groups in total. The fourth-order valence-corrected chi connectivity index (χ4v) is 10.4. The predicted molar refractivity (Wildman–Crippen MR) is 244 cm³/mol. The Hall–Kier alpha value is -7.19. The van der Waals surface area contributed by atoms with E-state index in [0.717, 1.165) is 48.9 Å². The molecule has 5 aromatic heterocycles. The summed E-state index contributed by atoms with van der Waals surface area (Å²) in [5.41, 5.74) is 4.40. The van der Waals surface area contributed by atoms with E-state index in [9.17, 15) is 4.11 Å². The Labute approximate surface area is 352 Å². The molecule has 0 radical (unpaired) electrons. The lowest BCUT2D eigenvalue weighted by Gasteiger charge is -2.11. The maximum Gasteiger partial charge on any atom is 0.164 e. The SMILES string of the molecule is [2H]c1c([2H])c([2H])c2c(sc3c2c([2H])c([2H])c2c4c([2H])c([2H])c([2H])c([2H])c4n(-c4ccc(-c5nc(-c6ccc7c(c6)sc6ccccc67)nc(-c6cccc7oc8ccccc8c67)n5)cc4)c32)c1[2H]. The molecule has 0 aliphatic rings. The summed E-state index contributed by atoms with van der Waals surface area (Å²) in [5, 5.41) is 4.50. The minimum Gasteiger partial charge on any atom is -0.456 e. The number of aromatic nitrogens is 4. The first-order chi connectivity index (χ1) is 32.9. The fraction of sp³-hybridized carbons (Fsp3) is 0. The zero-order valence-corrected chi connectivity index (χ0v) is 31.5. The van der Waals surface area contributed by atoms with Crippen LogP contribution >= 0.6 is 22.7 Å². The van der Waals surface area contributed by atoms with E-state index in [1.165, 1.54) is 10.1 Å². The van der Waals surface area contributed by atoms with Crippen molar-refractivity contribution in [2.45, 2.75) is 0 Å². The zero-order valence-electron chi connectivity index (χ0n) is 39.9. The fourth-order valence-electron chi connectivity index (χ4n) is 8.16. The van der Waals surface area contributed by atoms with E-state index in [1.54, 1.807) is 28.0 Å². The summed E-state index contributed by atoms with van der Waals surface area (Å²) >= 11 is 2.74. The van der Waals surface area contributed by atoms with Crippen molar-refractivity contribution >= 4 is 107 Å². The molecule has 0 unspecified atom stereocenters. The van der Waals surface area contributed by atoms with Gasteiger partial charge in [0.1, 0.15) is 11.2 Å². The van der Waals surface area contributed by atoms with Crippen LogP contribution in [0.4, 0.5) is 0 Å². The molecule has 270 valence electrons. The van der Waals surface area contributed by atoms with Gasteiger partial charge >= 0.3 is 0 Å². The lowest BCUT2D eigenvalue weighted by atomic mass is 10.1. The summed E-state index contributed by atoms with van der Waals surface area (Å²) in [4.78, 5) is 15.3. The standard InChI is InChI=1S/C51H28N4OS2/c1-5-15-40-32(10-1)36-26-27-37-34-12-4-8-19-44(34)58-48(37)47(36)55(40)31-23-20-29(21-24-31)49-52-50(30-22-25-35-33-11-3-7-18-43(33)57-45(35)28-30)54-51(53-49)39-14-9-17-42-46(39)38-13-2-6-16-41(38)56-42/h1-28H/i1D,4D,5D,8D,10D,12D,15D,19D,26D,27D. The molecule has 0 fully saturated rings. The Balaban J connectivity index is 1.06. The van der Waals surface area contributed by atoms with Crippen molar-refractivity contribution in [3.63, 3.8) is 0 Å². The van der Waals surface area contributed by atoms with Crippen LogP contribution in [0.15, 0.2) is 174 Å². The van der Waals surface area contributed by atoms with Crippen LogP contribution in [-0.2, 0) is 0 Å². The van der Waals surface area contributed by atoms with Gasteiger partial charge in [-0.2, -0.15) is 0 Å². The summed E-state index contributed by atoms with van der Waals surface area (Å²) in [7, 11) is 0. The van der Waals surface area contributed by atoms with Gasteiger partial charge < -0.3 is 8.98 Å². The van der Waals surface area contributed by atoms with Crippen molar-refractivity contribution < 1.29 is 18.1 Å². The number of hydrogen-bond acceptors (Lipinski definition) is 6. The van der Waals surface area contributed by atoms with Crippen LogP contribution < -0.4 is 0 Å². The number of hydrogen-bond donors (Lipinski definition) is 0. The third-order valence-corrected chi connectivity index (χ3v) is 13.0. The van der Waals surface area contributed by atoms with Crippen LogP contribution in [0.25, 0.3) is 124 Å². The van der Waals surface area contributed by atoms with Crippen molar-refractivity contribution in [1.29, 1.82) is 0 Å². The number of para-hydroxylation sites is 2. The van der Waals surface area contributed by atoms with Crippen LogP contribution in [0.2, 0.25) is 0 Å². The van der Waals surface area contributed by atoms with Gasteiger partial charge in [-0.25, -0.2) is 15.0 Å². The predicted octanol–water partition coefficient (Wildman–Crippen LogP) is 14.6. The van der Waals surface area contributed by atoms with Gasteiger partial charge in [-0.1, -0.05) is 109 Å². The average Bonchev–Trinajstić information content (AvgIpc) is 4.14. The van der Waals surface area contributed by atoms with Crippen molar-refractivity contribution in [1.82, 2.24) is 19.5 Å². The van der Waals surface area contributed by atoms with Gasteiger partial charge in [0.2, 0.25) is 0 Å². The van der Waals surface area contributed by atoms with Crippen molar-refractivity contribution in [3.05, 3.63) is 170 Å². The molecule has 0 spiro atoms. The molecule has 0 saturated heterocycles. The Bertz CT molecular complexity index is 4410. The smallest absolute Gasteiger partial charge is 0.164 e. The van der Waals surface area contributed by atoms with E-state index in [0.29, 0.717) is 39.0 Å². The molecule has 0 aliphatic heterocycles. The molecule has 0 saturated carbocycles. The summed E-state index contributed by atoms with van der Waals surface area (Å²) in [6.07, 6.45) is 0. The highest BCUT2D eigenvalue weighted by Gasteiger charge is 2.20. The highest BCUT2D eigenvalue weighted by molar-refractivity contribution is 7.26. The van der Waals surface area contributed by atoms with Crippen molar-refractivity contribution in [3.8, 4) is 39.9 Å². The lowest BCUT2D eigenvalue weighted by Crippen LogP contribution is -2.01. The number of rotatable bonds is 4. The molecule has 58 heavy (non-hydrogen) atoms. The van der Waals surface area contributed by atoms with Crippen LogP contribution in [0.5, 0.6) is 0 Å². The molecule has 0 amide bonds. The quantitative estimate of drug-likeness (QED) is 0.178. The molecule has 13 rings (SSSR count). The van der Waals surface area contributed by atoms with Crippen LogP contribution in [-0.4, -0.2) is 19.5 Å². The molecule has 8 aromatic carbocycles. The summed E-state index contributed by atoms with van der Waals surface area (Å²) in [6, 6.07) is 31.5. The van der Waals surface area contributed by atoms with Crippen LogP contribution in [0.3, 0.4) is 0 Å². The lowest BCUT2D eigenvalue weighted by molar-refractivity contribution is 0.669. The number of thiophene rings is 2. The number of furan rings is 1. The Morgan fingerprint density at radius 1 is 0.483 bits per heavy atom. The first-order valence-electron chi connectivity index (χ1n) is 23.4. The van der Waals surface area contributed by atoms with Crippen LogP contribution in [0, 0.1) is 0 Å². The minimum absolute atomic E-state index is 0.0517. The Morgan fingerprint density at radius 3 is 2.10 bits per heavy atom. The van der Waals surface area contributed by atoms with Gasteiger partial charge in [0, 0.05) is 79.6 Å². The van der Waals surface area contributed by atoms with Crippen molar-refractivity contribution in [2.75, 3.05) is 0 Å². The summed E-state index contributed by atoms with van der Waals surface area (Å²) in [6.45, 7) is 0. The highest BCUT2D eigenvalue weighted by atomic mass is 32.1. The zero-order chi connectivity index (χ0) is 46.6. The number of nitrogens with zero attached hydrogens (tertiary/aromatic N) is 4. The maximum atomic E-state index is 9.37. The molecule has 7 heteroatoms. The molecule has 0 atom stereocenters. The van der Waals surface area contributed by atoms with E-state index in [2.05, 4.69) is 24.3 Å². The summed E-state index contributed by atoms with van der Waals surface area (Å²) < 4.78 is 99.5. The van der Waals surface area contributed by atoms with Gasteiger partial charge in [-0.3, -0.25) is 0 Å². The Morgan fingerprint density at radius 2 is 1.19 bits per heavy atom. The Kier molecular flexibility index (Phi) is 4.98. The average molecular weight is 787 g/mol. The first-order valence-corrected chi connectivity index (χ1v) is 20.1. The largest absolute Gasteiger partial charge is 0.456 e. The molecule has 0 aliphatic carbocycles. The van der Waals surface area contributed by atoms with Gasteiger partial charge in [0.05, 0.1) is 29.4 Å². The normalized spacial score (nSPS) is 14.6. The first kappa shape index (κ1) is 23.8. The van der Waals surface area contributed by atoms with Gasteiger partial charge in [-0.05, 0) is 60.6 Å². The van der Waals surface area contributed by atoms with E-state index < -0.39 is 24.2 Å². The molecular formula is C51H28N4OS2. The second-order valence-corrected chi connectivity index (χ2v) is 16.1. The van der Waals surface area contributed by atoms with Gasteiger partial charge in [0.25, 0.3) is 0 Å². The third kappa shape index (κ3) is 4.66. The third-order valence-electron chi connectivity index (χ3n) is 10.8. The maximum absolute atomic E-state index is 9.37. The van der Waals surface area contributed by atoms with E-state index >= 15 is 0 Å². The second kappa shape index (κ2) is 12.2. The monoisotopic (exact) mass is 786 g/mol. The topological polar surface area (TPSA) is 56.7 Å². The van der Waals surface area contributed by atoms with E-state index in [1.807, 2.05) is 72.8 Å². The summed E-state index contributed by atoms with van der Waals surface area (Å²) in [5.74, 6) is 1.24. The van der Waals surface area contributed by atoms with E-state index in [-0.39, 0.29) is 73.5 Å². The van der Waals surface area contributed by atoms with Crippen LogP contribution in [0.1, 0.15) is 13.7 Å². The van der Waals surface area contributed by atoms with E-state index in [4.69, 9.17) is 29.0 Å². The molecule has 5 heterocycles. The van der Waals surface area contributed by atoms with Crippen molar-refractivity contribution in [2.24, 2.45) is 0 Å². The van der Waals surface area contributed by atoms with Gasteiger partial charge in [-0.15, -0.1) is 22.7 Å². The van der Waals surface area contributed by atoms with Gasteiger partial charge in [0.15, 0.2) is 17.5 Å². The molecular weight excluding hydrogens is 749 g/mol. The number of fused-ring (bicyclic) bond motifs is 13. The second-order valence-electron chi connectivity index (χ2n) is 14.0. The minimum atomic E-state index is -0.495. The molecule has 13 aromatic rings. The highest BCUT2D eigenvalue weighted by Crippen LogP contribution is 2.44.